The Morgan fingerprint density at radius 2 is 2.07 bits per heavy atom. The SMILES string of the molecule is CN(C)C(=O)c1cc2cc(Br)ccc2[nH]1. The molecule has 15 heavy (non-hydrogen) atoms. The average Bonchev–Trinajstić information content (AvgIpc) is 2.58. The number of nitrogens with one attached hydrogen (secondary N) is 1. The van der Waals surface area contributed by atoms with Crippen molar-refractivity contribution in [1.82, 2.24) is 9.88 Å². The van der Waals surface area contributed by atoms with Crippen molar-refractivity contribution in [2.45, 2.75) is 0 Å². The lowest BCUT2D eigenvalue weighted by Crippen LogP contribution is -2.21. The van der Waals surface area contributed by atoms with E-state index in [1.165, 1.54) is 0 Å². The van der Waals surface area contributed by atoms with E-state index in [1.807, 2.05) is 24.3 Å². The van der Waals surface area contributed by atoms with Crippen LogP contribution in [0.4, 0.5) is 0 Å². The maximum Gasteiger partial charge on any atom is 0.269 e. The number of hydrogen-bond acceptors (Lipinski definition) is 1. The highest BCUT2D eigenvalue weighted by atomic mass is 79.9. The molecule has 1 amide bonds. The first-order valence-corrected chi connectivity index (χ1v) is 5.37. The lowest BCUT2D eigenvalue weighted by molar-refractivity contribution is 0.0823. The van der Waals surface area contributed by atoms with Crippen LogP contribution in [-0.4, -0.2) is 29.9 Å². The molecular formula is C11H11BrN2O. The van der Waals surface area contributed by atoms with Crippen LogP contribution < -0.4 is 0 Å². The van der Waals surface area contributed by atoms with Gasteiger partial charge in [-0.1, -0.05) is 15.9 Å². The zero-order valence-corrected chi connectivity index (χ0v) is 10.1. The number of aromatic nitrogens is 1. The number of hydrogen-bond donors (Lipinski definition) is 1. The van der Waals surface area contributed by atoms with E-state index >= 15 is 0 Å². The first-order chi connectivity index (χ1) is 7.08. The van der Waals surface area contributed by atoms with Gasteiger partial charge in [0.25, 0.3) is 5.91 Å². The van der Waals surface area contributed by atoms with Crippen molar-refractivity contribution in [3.8, 4) is 0 Å². The summed E-state index contributed by atoms with van der Waals surface area (Å²) in [7, 11) is 3.48. The summed E-state index contributed by atoms with van der Waals surface area (Å²) in [6.07, 6.45) is 0. The summed E-state index contributed by atoms with van der Waals surface area (Å²) in [6.45, 7) is 0. The summed E-state index contributed by atoms with van der Waals surface area (Å²) in [6, 6.07) is 7.75. The Labute approximate surface area is 96.2 Å². The number of amides is 1. The van der Waals surface area contributed by atoms with Crippen LogP contribution in [0.3, 0.4) is 0 Å². The fourth-order valence-corrected chi connectivity index (χ4v) is 1.84. The highest BCUT2D eigenvalue weighted by Gasteiger charge is 2.10. The third-order valence-corrected chi connectivity index (χ3v) is 2.71. The Balaban J connectivity index is 2.52. The van der Waals surface area contributed by atoms with Crippen LogP contribution in [0, 0.1) is 0 Å². The molecule has 1 N–H and O–H groups in total. The molecule has 0 radical (unpaired) electrons. The van der Waals surface area contributed by atoms with Crippen LogP contribution in [0.2, 0.25) is 0 Å². The van der Waals surface area contributed by atoms with Gasteiger partial charge in [-0.2, -0.15) is 0 Å². The van der Waals surface area contributed by atoms with Gasteiger partial charge in [-0.3, -0.25) is 4.79 Å². The van der Waals surface area contributed by atoms with E-state index in [0.717, 1.165) is 15.4 Å². The number of rotatable bonds is 1. The third kappa shape index (κ3) is 1.90. The zero-order valence-electron chi connectivity index (χ0n) is 8.54. The van der Waals surface area contributed by atoms with E-state index in [0.29, 0.717) is 5.69 Å². The van der Waals surface area contributed by atoms with Gasteiger partial charge in [0.05, 0.1) is 0 Å². The van der Waals surface area contributed by atoms with E-state index in [-0.39, 0.29) is 5.91 Å². The highest BCUT2D eigenvalue weighted by molar-refractivity contribution is 9.10. The molecule has 1 aromatic carbocycles. The minimum absolute atomic E-state index is 0.0117. The van der Waals surface area contributed by atoms with Gasteiger partial charge in [0.15, 0.2) is 0 Å². The molecular weight excluding hydrogens is 256 g/mol. The van der Waals surface area contributed by atoms with Gasteiger partial charge in [0, 0.05) is 29.5 Å². The van der Waals surface area contributed by atoms with Gasteiger partial charge in [0.2, 0.25) is 0 Å². The topological polar surface area (TPSA) is 36.1 Å². The predicted molar refractivity (Wildman–Crippen MR) is 64.0 cm³/mol. The molecule has 0 saturated carbocycles. The zero-order chi connectivity index (χ0) is 11.0. The van der Waals surface area contributed by atoms with Gasteiger partial charge in [-0.15, -0.1) is 0 Å². The Kier molecular flexibility index (Phi) is 2.52. The number of fused-ring (bicyclic) bond motifs is 1. The van der Waals surface area contributed by atoms with E-state index < -0.39 is 0 Å². The second-order valence-electron chi connectivity index (χ2n) is 3.61. The fraction of sp³-hybridized carbons (Fsp3) is 0.182. The van der Waals surface area contributed by atoms with Crippen molar-refractivity contribution in [3.05, 3.63) is 34.4 Å². The number of carbonyl (C=O) groups is 1. The Morgan fingerprint density at radius 3 is 2.73 bits per heavy atom. The summed E-state index contributed by atoms with van der Waals surface area (Å²) in [5, 5.41) is 1.04. The summed E-state index contributed by atoms with van der Waals surface area (Å²) >= 11 is 3.40. The maximum atomic E-state index is 11.7. The molecule has 0 fully saturated rings. The molecule has 0 aliphatic rings. The molecule has 2 rings (SSSR count). The second kappa shape index (κ2) is 3.70. The number of carbonyl (C=O) groups excluding carboxylic acids is 1. The Bertz CT molecular complexity index is 516. The fourth-order valence-electron chi connectivity index (χ4n) is 1.46. The molecule has 0 spiro atoms. The smallest absolute Gasteiger partial charge is 0.269 e. The van der Waals surface area contributed by atoms with Crippen molar-refractivity contribution in [1.29, 1.82) is 0 Å². The lowest BCUT2D eigenvalue weighted by Gasteiger charge is -2.07. The van der Waals surface area contributed by atoms with Crippen LogP contribution in [0.5, 0.6) is 0 Å². The monoisotopic (exact) mass is 266 g/mol. The summed E-state index contributed by atoms with van der Waals surface area (Å²) in [4.78, 5) is 16.3. The molecule has 3 nitrogen and oxygen atoms in total. The van der Waals surface area contributed by atoms with Crippen LogP contribution in [0.15, 0.2) is 28.7 Å². The lowest BCUT2D eigenvalue weighted by atomic mass is 10.2. The summed E-state index contributed by atoms with van der Waals surface area (Å²) in [5.74, 6) is -0.0117. The molecule has 0 unspecified atom stereocenters. The molecule has 78 valence electrons. The molecule has 0 aliphatic heterocycles. The third-order valence-electron chi connectivity index (χ3n) is 2.22. The highest BCUT2D eigenvalue weighted by Crippen LogP contribution is 2.20. The van der Waals surface area contributed by atoms with Gasteiger partial charge in [-0.05, 0) is 24.3 Å². The molecule has 2 aromatic rings. The summed E-state index contributed by atoms with van der Waals surface area (Å²) in [5.41, 5.74) is 1.59. The van der Waals surface area contributed by atoms with Gasteiger partial charge < -0.3 is 9.88 Å². The van der Waals surface area contributed by atoms with Crippen molar-refractivity contribution >= 4 is 32.7 Å². The van der Waals surface area contributed by atoms with E-state index in [1.54, 1.807) is 19.0 Å². The molecule has 0 atom stereocenters. The largest absolute Gasteiger partial charge is 0.351 e. The number of H-pyrrole nitrogens is 1. The average molecular weight is 267 g/mol. The van der Waals surface area contributed by atoms with E-state index in [9.17, 15) is 4.79 Å². The Morgan fingerprint density at radius 1 is 1.33 bits per heavy atom. The maximum absolute atomic E-state index is 11.7. The van der Waals surface area contributed by atoms with Crippen molar-refractivity contribution in [2.75, 3.05) is 14.1 Å². The minimum Gasteiger partial charge on any atom is -0.351 e. The van der Waals surface area contributed by atoms with Gasteiger partial charge in [0.1, 0.15) is 5.69 Å². The Hall–Kier alpha value is -1.29. The number of nitrogens with zero attached hydrogens (tertiary/aromatic N) is 1. The van der Waals surface area contributed by atoms with Crippen LogP contribution in [-0.2, 0) is 0 Å². The van der Waals surface area contributed by atoms with Crippen LogP contribution >= 0.6 is 15.9 Å². The van der Waals surface area contributed by atoms with Crippen molar-refractivity contribution < 1.29 is 4.79 Å². The van der Waals surface area contributed by atoms with Crippen LogP contribution in [0.25, 0.3) is 10.9 Å². The van der Waals surface area contributed by atoms with Gasteiger partial charge in [-0.25, -0.2) is 0 Å². The number of halogens is 1. The molecule has 0 saturated heterocycles. The first-order valence-electron chi connectivity index (χ1n) is 4.58. The molecule has 1 heterocycles. The van der Waals surface area contributed by atoms with E-state index in [2.05, 4.69) is 20.9 Å². The first kappa shape index (κ1) is 10.2. The molecule has 1 aromatic heterocycles. The van der Waals surface area contributed by atoms with Gasteiger partial charge >= 0.3 is 0 Å². The number of benzene rings is 1. The molecule has 0 aliphatic carbocycles. The normalized spacial score (nSPS) is 10.6. The predicted octanol–water partition coefficient (Wildman–Crippen LogP) is 2.63. The quantitative estimate of drug-likeness (QED) is 0.847. The van der Waals surface area contributed by atoms with Crippen LogP contribution in [0.1, 0.15) is 10.5 Å². The van der Waals surface area contributed by atoms with Crippen molar-refractivity contribution in [2.24, 2.45) is 0 Å². The molecule has 4 heteroatoms. The molecule has 0 bridgehead atoms. The number of aromatic amines is 1. The second-order valence-corrected chi connectivity index (χ2v) is 4.53. The minimum atomic E-state index is -0.0117. The standard InChI is InChI=1S/C11H11BrN2O/c1-14(2)11(15)10-6-7-5-8(12)3-4-9(7)13-10/h3-6,13H,1-2H3. The summed E-state index contributed by atoms with van der Waals surface area (Å²) < 4.78 is 1.01. The van der Waals surface area contributed by atoms with E-state index in [4.69, 9.17) is 0 Å². The van der Waals surface area contributed by atoms with Crippen molar-refractivity contribution in [3.63, 3.8) is 0 Å².